The summed E-state index contributed by atoms with van der Waals surface area (Å²) in [6.07, 6.45) is 8.46. The molecule has 0 saturated carbocycles. The third kappa shape index (κ3) is 5.17. The van der Waals surface area contributed by atoms with Crippen molar-refractivity contribution >= 4 is 23.9 Å². The van der Waals surface area contributed by atoms with Gasteiger partial charge in [0, 0.05) is 27.8 Å². The Hall–Kier alpha value is -2.66. The zero-order chi connectivity index (χ0) is 19.1. The fraction of sp³-hybridized carbons (Fsp3) is 0.227. The van der Waals surface area contributed by atoms with Crippen LogP contribution in [0, 0.1) is 5.92 Å². The predicted molar refractivity (Wildman–Crippen MR) is 112 cm³/mol. The molecule has 1 unspecified atom stereocenters. The number of carbonyl (C=O) groups excluding carboxylic acids is 1. The molecule has 2 aromatic rings. The highest BCUT2D eigenvalue weighted by Crippen LogP contribution is 2.35. The Morgan fingerprint density at radius 1 is 1.22 bits per heavy atom. The molecule has 0 fully saturated rings. The summed E-state index contributed by atoms with van der Waals surface area (Å²) in [6.45, 7) is 4.43. The molecule has 0 saturated heterocycles. The Morgan fingerprint density at radius 3 is 2.81 bits per heavy atom. The summed E-state index contributed by atoms with van der Waals surface area (Å²) in [7, 11) is 0. The minimum Gasteiger partial charge on any atom is -0.350 e. The normalized spacial score (nSPS) is 14.7. The van der Waals surface area contributed by atoms with Crippen molar-refractivity contribution in [2.24, 2.45) is 10.9 Å². The first kappa shape index (κ1) is 19.1. The monoisotopic (exact) mass is 377 g/mol. The second-order valence-corrected chi connectivity index (χ2v) is 7.33. The van der Waals surface area contributed by atoms with Gasteiger partial charge in [-0.1, -0.05) is 56.0 Å². The molecule has 1 aliphatic rings. The molecule has 1 aliphatic heterocycles. The molecular formula is C22H23N3OS. The molecule has 1 atom stereocenters. The number of carbonyl (C=O) groups is 1. The van der Waals surface area contributed by atoms with Gasteiger partial charge in [0.1, 0.15) is 0 Å². The van der Waals surface area contributed by atoms with E-state index < -0.39 is 0 Å². The smallest absolute Gasteiger partial charge is 0.226 e. The number of benzene rings is 1. The lowest BCUT2D eigenvalue weighted by molar-refractivity contribution is -0.123. The van der Waals surface area contributed by atoms with Gasteiger partial charge >= 0.3 is 0 Å². The van der Waals surface area contributed by atoms with Crippen molar-refractivity contribution in [3.63, 3.8) is 0 Å². The molecule has 0 bridgehead atoms. The highest BCUT2D eigenvalue weighted by Gasteiger charge is 2.13. The van der Waals surface area contributed by atoms with Gasteiger partial charge in [0.15, 0.2) is 0 Å². The first-order chi connectivity index (χ1) is 13.2. The summed E-state index contributed by atoms with van der Waals surface area (Å²) in [4.78, 5) is 23.5. The number of hydrogen-bond donors (Lipinski definition) is 1. The van der Waals surface area contributed by atoms with Gasteiger partial charge in [0.25, 0.3) is 0 Å². The van der Waals surface area contributed by atoms with Gasteiger partial charge in [-0.25, -0.2) is 0 Å². The second kappa shape index (κ2) is 9.33. The number of fused-ring (bicyclic) bond motifs is 1. The number of aliphatic imine (C=N–C) groups is 1. The van der Waals surface area contributed by atoms with Crippen molar-refractivity contribution in [2.45, 2.75) is 31.7 Å². The van der Waals surface area contributed by atoms with E-state index in [2.05, 4.69) is 34.3 Å². The molecule has 1 aromatic heterocycles. The Morgan fingerprint density at radius 2 is 2.04 bits per heavy atom. The molecule has 1 aromatic carbocycles. The number of allylic oxidation sites excluding steroid dienone is 2. The summed E-state index contributed by atoms with van der Waals surface area (Å²) < 4.78 is 0. The van der Waals surface area contributed by atoms with Gasteiger partial charge in [0.05, 0.1) is 23.9 Å². The Bertz CT molecular complexity index is 887. The largest absolute Gasteiger partial charge is 0.350 e. The standard InChI is InChI=1S/C22H23N3OS/c1-3-19-21(27-20-10-5-4-8-17(20)14-24-19)12-11-16(2)22(26)25-15-18-9-6-7-13-23-18/h4-14,16H,3,15H2,1-2H3,(H,25,26)/b12-11-. The van der Waals surface area contributed by atoms with E-state index in [-0.39, 0.29) is 11.8 Å². The van der Waals surface area contributed by atoms with Crippen molar-refractivity contribution in [1.29, 1.82) is 0 Å². The fourth-order valence-electron chi connectivity index (χ4n) is 2.62. The van der Waals surface area contributed by atoms with Crippen molar-refractivity contribution in [1.82, 2.24) is 10.3 Å². The maximum atomic E-state index is 12.4. The van der Waals surface area contributed by atoms with E-state index in [0.717, 1.165) is 28.3 Å². The zero-order valence-electron chi connectivity index (χ0n) is 15.6. The minimum absolute atomic E-state index is 0.0157. The molecule has 2 heterocycles. The summed E-state index contributed by atoms with van der Waals surface area (Å²) in [6, 6.07) is 13.9. The third-order valence-corrected chi connectivity index (χ3v) is 5.42. The first-order valence-electron chi connectivity index (χ1n) is 9.07. The number of pyridine rings is 1. The van der Waals surface area contributed by atoms with Gasteiger partial charge in [0.2, 0.25) is 5.91 Å². The van der Waals surface area contributed by atoms with E-state index in [4.69, 9.17) is 0 Å². The highest BCUT2D eigenvalue weighted by atomic mass is 32.2. The van der Waals surface area contributed by atoms with Gasteiger partial charge in [-0.2, -0.15) is 0 Å². The van der Waals surface area contributed by atoms with Crippen LogP contribution in [0.25, 0.3) is 0 Å². The Labute approximate surface area is 164 Å². The predicted octanol–water partition coefficient (Wildman–Crippen LogP) is 4.74. The first-order valence-corrected chi connectivity index (χ1v) is 9.89. The van der Waals surface area contributed by atoms with Crippen molar-refractivity contribution < 1.29 is 4.79 Å². The number of nitrogens with zero attached hydrogens (tertiary/aromatic N) is 2. The number of nitrogens with one attached hydrogen (secondary N) is 1. The van der Waals surface area contributed by atoms with E-state index in [1.54, 1.807) is 18.0 Å². The van der Waals surface area contributed by atoms with Gasteiger partial charge in [-0.15, -0.1) is 0 Å². The molecule has 1 N–H and O–H groups in total. The van der Waals surface area contributed by atoms with Crippen LogP contribution in [0.1, 0.15) is 31.5 Å². The average Bonchev–Trinajstić information content (AvgIpc) is 2.89. The lowest BCUT2D eigenvalue weighted by Crippen LogP contribution is -2.28. The number of thioether (sulfide) groups is 1. The van der Waals surface area contributed by atoms with Crippen LogP contribution in [0.3, 0.4) is 0 Å². The number of rotatable bonds is 6. The molecule has 1 amide bonds. The van der Waals surface area contributed by atoms with E-state index in [1.165, 1.54) is 4.90 Å². The highest BCUT2D eigenvalue weighted by molar-refractivity contribution is 8.03. The van der Waals surface area contributed by atoms with E-state index in [9.17, 15) is 4.79 Å². The number of amides is 1. The topological polar surface area (TPSA) is 54.4 Å². The molecule has 4 nitrogen and oxygen atoms in total. The molecule has 0 aliphatic carbocycles. The molecule has 5 heteroatoms. The molecule has 27 heavy (non-hydrogen) atoms. The van der Waals surface area contributed by atoms with E-state index >= 15 is 0 Å². The third-order valence-electron chi connectivity index (χ3n) is 4.24. The minimum atomic E-state index is -0.234. The van der Waals surface area contributed by atoms with Crippen LogP contribution in [0.4, 0.5) is 0 Å². The number of aromatic nitrogens is 1. The van der Waals surface area contributed by atoms with Crippen LogP contribution in [0.5, 0.6) is 0 Å². The lowest BCUT2D eigenvalue weighted by atomic mass is 10.1. The van der Waals surface area contributed by atoms with Crippen LogP contribution in [0.2, 0.25) is 0 Å². The van der Waals surface area contributed by atoms with Crippen LogP contribution in [0.15, 0.2) is 81.3 Å². The van der Waals surface area contributed by atoms with Crippen LogP contribution in [-0.4, -0.2) is 17.1 Å². The molecule has 0 spiro atoms. The van der Waals surface area contributed by atoms with Gasteiger partial charge in [-0.05, 0) is 30.7 Å². The molecular weight excluding hydrogens is 354 g/mol. The zero-order valence-corrected chi connectivity index (χ0v) is 16.4. The van der Waals surface area contributed by atoms with Crippen LogP contribution in [-0.2, 0) is 11.3 Å². The molecule has 138 valence electrons. The SMILES string of the molecule is CCC1=C(/C=C\C(C)C(=O)NCc2ccccn2)Sc2ccccc2C=N1. The maximum absolute atomic E-state index is 12.4. The average molecular weight is 378 g/mol. The number of hydrogen-bond acceptors (Lipinski definition) is 4. The lowest BCUT2D eigenvalue weighted by Gasteiger charge is -2.09. The summed E-state index contributed by atoms with van der Waals surface area (Å²) >= 11 is 1.70. The fourth-order valence-corrected chi connectivity index (χ4v) is 3.71. The Balaban J connectivity index is 1.67. The van der Waals surface area contributed by atoms with E-state index in [1.807, 2.05) is 55.6 Å². The second-order valence-electron chi connectivity index (χ2n) is 6.25. The molecule has 0 radical (unpaired) electrons. The summed E-state index contributed by atoms with van der Waals surface area (Å²) in [5, 5.41) is 2.93. The van der Waals surface area contributed by atoms with E-state index in [0.29, 0.717) is 6.54 Å². The quantitative estimate of drug-likeness (QED) is 0.791. The maximum Gasteiger partial charge on any atom is 0.226 e. The van der Waals surface area contributed by atoms with Crippen molar-refractivity contribution in [3.8, 4) is 0 Å². The van der Waals surface area contributed by atoms with Gasteiger partial charge < -0.3 is 5.32 Å². The van der Waals surface area contributed by atoms with Gasteiger partial charge in [-0.3, -0.25) is 14.8 Å². The molecule has 3 rings (SSSR count). The van der Waals surface area contributed by atoms with Crippen molar-refractivity contribution in [2.75, 3.05) is 0 Å². The summed E-state index contributed by atoms with van der Waals surface area (Å²) in [5.41, 5.74) is 3.01. The van der Waals surface area contributed by atoms with Crippen molar-refractivity contribution in [3.05, 3.63) is 82.7 Å². The Kier molecular flexibility index (Phi) is 6.60. The summed E-state index contributed by atoms with van der Waals surface area (Å²) in [5.74, 6) is -0.250. The van der Waals surface area contributed by atoms with Crippen LogP contribution >= 0.6 is 11.8 Å². The van der Waals surface area contributed by atoms with Crippen LogP contribution < -0.4 is 5.32 Å².